The second kappa shape index (κ2) is 7.01. The molecular formula is H2Cl8Pd2. The number of halogens is 8. The van der Waals surface area contributed by atoms with Gasteiger partial charge in [0, 0.05) is 0 Å². The predicted molar refractivity (Wildman–Crippen MR) is 49.0 cm³/mol. The standard InChI is InChI=1S/8ClH.2Pd/h8*1H;;/q;;;;;;;;2*+3/p-6. The molecule has 0 unspecified atom stereocenters. The van der Waals surface area contributed by atoms with Crippen molar-refractivity contribution < 1.29 is 25.8 Å². The SMILES string of the molecule is [Cl][Pd-]([Cl])([Cl])[Cl].[Cl][Pd-]([Cl])([Cl])[Cl].[H+].[H+]. The molecule has 10 heavy (non-hydrogen) atoms. The fraction of sp³-hybridized carbons (Fsp3) is 0. The van der Waals surface area contributed by atoms with Gasteiger partial charge in [0.05, 0.1) is 0 Å². The first-order valence-electron chi connectivity index (χ1n) is 0.956. The van der Waals surface area contributed by atoms with Crippen LogP contribution in [0.1, 0.15) is 2.85 Å². The molecule has 0 aromatic carbocycles. The van der Waals surface area contributed by atoms with Crippen LogP contribution in [0.5, 0.6) is 0 Å². The Morgan fingerprint density at radius 2 is 0.500 bits per heavy atom. The maximum atomic E-state index is 4.98. The van der Waals surface area contributed by atoms with Gasteiger partial charge in [-0.1, -0.05) is 0 Å². The van der Waals surface area contributed by atoms with E-state index >= 15 is 0 Å². The molecule has 0 aromatic rings. The van der Waals surface area contributed by atoms with Crippen molar-refractivity contribution in [3.8, 4) is 0 Å². The minimum Gasteiger partial charge on any atom is 1.00 e. The van der Waals surface area contributed by atoms with Gasteiger partial charge in [-0.25, -0.2) is 0 Å². The van der Waals surface area contributed by atoms with Crippen molar-refractivity contribution in [1.29, 1.82) is 0 Å². The minimum absolute atomic E-state index is 0. The van der Waals surface area contributed by atoms with Gasteiger partial charge in [-0.05, 0) is 0 Å². The molecule has 0 saturated heterocycles. The van der Waals surface area contributed by atoms with E-state index in [0.29, 0.717) is 0 Å². The zero-order chi connectivity index (χ0) is 9.00. The Morgan fingerprint density at radius 3 is 0.500 bits per heavy atom. The van der Waals surface area contributed by atoms with Gasteiger partial charge in [-0.3, -0.25) is 0 Å². The van der Waals surface area contributed by atoms with Crippen LogP contribution < -0.4 is 0 Å². The first kappa shape index (κ1) is 16.1. The maximum Gasteiger partial charge on any atom is 1.00 e. The molecule has 0 radical (unpaired) electrons. The zero-order valence-electron chi connectivity index (χ0n) is 5.66. The van der Waals surface area contributed by atoms with E-state index in [1.807, 2.05) is 0 Å². The summed E-state index contributed by atoms with van der Waals surface area (Å²) < 4.78 is 0. The molecule has 0 aliphatic rings. The average molecular weight is 498 g/mol. The molecule has 0 nitrogen and oxygen atoms in total. The van der Waals surface area contributed by atoms with Gasteiger partial charge < -0.3 is 0 Å². The largest absolute Gasteiger partial charge is 1.00 e. The molecule has 0 aliphatic heterocycles. The van der Waals surface area contributed by atoms with Crippen molar-refractivity contribution in [2.24, 2.45) is 0 Å². The summed E-state index contributed by atoms with van der Waals surface area (Å²) in [5, 5.41) is 0. The summed E-state index contributed by atoms with van der Waals surface area (Å²) in [5.74, 6) is 0. The average Bonchev–Trinajstić information content (AvgIpc) is 1.12. The molecule has 0 fully saturated rings. The van der Waals surface area contributed by atoms with E-state index in [1.54, 1.807) is 0 Å². The number of rotatable bonds is 0. The van der Waals surface area contributed by atoms with Gasteiger partial charge in [0.2, 0.25) is 0 Å². The fourth-order valence-corrected chi connectivity index (χ4v) is 0. The number of hydrogen-bond acceptors (Lipinski definition) is 0. The van der Waals surface area contributed by atoms with Gasteiger partial charge >= 0.3 is 102 Å². The monoisotopic (exact) mass is 494 g/mol. The van der Waals surface area contributed by atoms with E-state index < -0.39 is 22.9 Å². The second-order valence-corrected chi connectivity index (χ2v) is 28.9. The molecule has 0 aliphatic carbocycles. The summed E-state index contributed by atoms with van der Waals surface area (Å²) in [4.78, 5) is 0. The van der Waals surface area contributed by atoms with Crippen molar-refractivity contribution in [2.45, 2.75) is 0 Å². The zero-order valence-corrected chi connectivity index (χ0v) is 12.8. The summed E-state index contributed by atoms with van der Waals surface area (Å²) in [7, 11) is 39.8. The van der Waals surface area contributed by atoms with Crippen LogP contribution in [-0.4, -0.2) is 0 Å². The normalized spacial score (nSPS) is 15.2. The van der Waals surface area contributed by atoms with Gasteiger partial charge in [0.25, 0.3) is 0 Å². The van der Waals surface area contributed by atoms with E-state index in [1.165, 1.54) is 0 Å². The Hall–Kier alpha value is 3.64. The molecule has 0 bridgehead atoms. The Kier molecular flexibility index (Phi) is 11.3. The summed E-state index contributed by atoms with van der Waals surface area (Å²) in [6.07, 6.45) is 0. The third-order valence-electron chi connectivity index (χ3n) is 0. The van der Waals surface area contributed by atoms with Gasteiger partial charge in [-0.15, -0.1) is 0 Å². The van der Waals surface area contributed by atoms with Gasteiger partial charge in [-0.2, -0.15) is 0 Å². The quantitative estimate of drug-likeness (QED) is 0.374. The summed E-state index contributed by atoms with van der Waals surface area (Å²) in [6, 6.07) is 0. The molecule has 0 amide bonds. The van der Waals surface area contributed by atoms with Crippen LogP contribution in [0.4, 0.5) is 0 Å². The van der Waals surface area contributed by atoms with E-state index in [-0.39, 0.29) is 2.85 Å². The van der Waals surface area contributed by atoms with Gasteiger partial charge in [0.1, 0.15) is 0 Å². The molecule has 10 heteroatoms. The Labute approximate surface area is 100 Å². The van der Waals surface area contributed by atoms with Crippen LogP contribution >= 0.6 is 76.2 Å². The maximum absolute atomic E-state index is 4.98. The van der Waals surface area contributed by atoms with E-state index in [0.717, 1.165) is 0 Å². The van der Waals surface area contributed by atoms with Crippen LogP contribution in [0.25, 0.3) is 0 Å². The molecule has 78 valence electrons. The fourth-order valence-electron chi connectivity index (χ4n) is 0. The van der Waals surface area contributed by atoms with Crippen LogP contribution in [0.3, 0.4) is 0 Å². The molecule has 0 atom stereocenters. The Balaban J connectivity index is -0.0000000457. The molecule has 0 spiro atoms. The molecule has 0 aromatic heterocycles. The Morgan fingerprint density at radius 1 is 0.500 bits per heavy atom. The molecule has 0 rings (SSSR count). The van der Waals surface area contributed by atoms with E-state index in [4.69, 9.17) is 76.2 Å². The molecule has 0 N–H and O–H groups in total. The van der Waals surface area contributed by atoms with Crippen molar-refractivity contribution in [3.05, 3.63) is 0 Å². The van der Waals surface area contributed by atoms with Gasteiger partial charge in [0.15, 0.2) is 0 Å². The van der Waals surface area contributed by atoms with Crippen LogP contribution in [0.15, 0.2) is 0 Å². The summed E-state index contributed by atoms with van der Waals surface area (Å²) in [5.41, 5.74) is 0. The second-order valence-electron chi connectivity index (χ2n) is 0.542. The van der Waals surface area contributed by atoms with Crippen molar-refractivity contribution >= 4 is 76.2 Å². The molecule has 0 heterocycles. The van der Waals surface area contributed by atoms with Crippen molar-refractivity contribution in [2.75, 3.05) is 0 Å². The molecular weight excluding hydrogens is 496 g/mol. The van der Waals surface area contributed by atoms with Crippen molar-refractivity contribution in [1.82, 2.24) is 0 Å². The topological polar surface area (TPSA) is 0 Å². The first-order valence-corrected chi connectivity index (χ1v) is 17.0. The van der Waals surface area contributed by atoms with Crippen LogP contribution in [0, 0.1) is 0 Å². The van der Waals surface area contributed by atoms with Crippen molar-refractivity contribution in [3.63, 3.8) is 0 Å². The smallest absolute Gasteiger partial charge is 1.00 e. The van der Waals surface area contributed by atoms with E-state index in [2.05, 4.69) is 0 Å². The Bertz CT molecular complexity index is 58.0. The minimum atomic E-state index is -2.81. The first-order chi connectivity index (χ1) is 4.00. The third-order valence-corrected chi connectivity index (χ3v) is 0. The summed E-state index contributed by atoms with van der Waals surface area (Å²) in [6.45, 7) is 0. The molecule has 0 saturated carbocycles. The van der Waals surface area contributed by atoms with Crippen LogP contribution in [-0.2, 0) is 22.9 Å². The van der Waals surface area contributed by atoms with Crippen LogP contribution in [0.2, 0.25) is 0 Å². The predicted octanol–water partition coefficient (Wildman–Crippen LogP) is 5.74. The third kappa shape index (κ3) is 99.3. The summed E-state index contributed by atoms with van der Waals surface area (Å²) >= 11 is -5.62. The number of hydrogen-bond donors (Lipinski definition) is 0. The van der Waals surface area contributed by atoms with E-state index in [9.17, 15) is 0 Å².